The second kappa shape index (κ2) is 5.85. The van der Waals surface area contributed by atoms with Crippen molar-refractivity contribution < 1.29 is 19.7 Å². The molecule has 1 aromatic rings. The molecule has 2 N–H and O–H groups in total. The molecule has 1 aromatic carbocycles. The summed E-state index contributed by atoms with van der Waals surface area (Å²) >= 11 is 0. The summed E-state index contributed by atoms with van der Waals surface area (Å²) in [6.45, 7) is 2.91. The van der Waals surface area contributed by atoms with E-state index in [2.05, 4.69) is 0 Å². The number of carboxylic acid groups (broad SMARTS) is 1. The highest BCUT2D eigenvalue weighted by Gasteiger charge is 2.00. The van der Waals surface area contributed by atoms with Gasteiger partial charge in [0.15, 0.2) is 11.5 Å². The third-order valence-corrected chi connectivity index (χ3v) is 1.42. The Morgan fingerprint density at radius 2 is 1.93 bits per heavy atom. The number of phenolic OH excluding ortho intramolecular Hbond substituents is 1. The summed E-state index contributed by atoms with van der Waals surface area (Å²) in [4.78, 5) is 9.00. The zero-order valence-corrected chi connectivity index (χ0v) is 8.44. The highest BCUT2D eigenvalue weighted by molar-refractivity contribution is 5.62. The van der Waals surface area contributed by atoms with E-state index < -0.39 is 5.97 Å². The molecule has 4 heteroatoms. The lowest BCUT2D eigenvalue weighted by Gasteiger charge is -2.03. The van der Waals surface area contributed by atoms with Gasteiger partial charge in [-0.1, -0.05) is 12.1 Å². The topological polar surface area (TPSA) is 66.8 Å². The number of hydrogen-bond donors (Lipinski definition) is 2. The molecule has 0 aliphatic carbocycles. The van der Waals surface area contributed by atoms with E-state index in [-0.39, 0.29) is 5.75 Å². The van der Waals surface area contributed by atoms with E-state index >= 15 is 0 Å². The van der Waals surface area contributed by atoms with Gasteiger partial charge in [0.25, 0.3) is 5.97 Å². The third-order valence-electron chi connectivity index (χ3n) is 1.42. The zero-order valence-electron chi connectivity index (χ0n) is 8.44. The van der Waals surface area contributed by atoms with Gasteiger partial charge in [0.05, 0.1) is 7.11 Å². The van der Waals surface area contributed by atoms with Gasteiger partial charge >= 0.3 is 0 Å². The molecule has 0 aliphatic heterocycles. The van der Waals surface area contributed by atoms with Gasteiger partial charge in [0.1, 0.15) is 0 Å². The Morgan fingerprint density at radius 3 is 2.29 bits per heavy atom. The third kappa shape index (κ3) is 4.35. The fourth-order valence-electron chi connectivity index (χ4n) is 0.797. The fourth-order valence-corrected chi connectivity index (χ4v) is 0.797. The maximum absolute atomic E-state index is 9.27. The lowest BCUT2D eigenvalue weighted by molar-refractivity contribution is -0.134. The van der Waals surface area contributed by atoms with Crippen molar-refractivity contribution in [3.63, 3.8) is 0 Å². The van der Waals surface area contributed by atoms with E-state index in [1.165, 1.54) is 7.11 Å². The number of ether oxygens (including phenoxy) is 1. The number of aryl methyl sites for hydroxylation is 1. The van der Waals surface area contributed by atoms with E-state index in [0.717, 1.165) is 12.5 Å². The largest absolute Gasteiger partial charge is 0.504 e. The zero-order chi connectivity index (χ0) is 11.1. The van der Waals surface area contributed by atoms with Crippen LogP contribution in [0, 0.1) is 6.92 Å². The van der Waals surface area contributed by atoms with Crippen molar-refractivity contribution in [3.8, 4) is 11.5 Å². The fraction of sp³-hybridized carbons (Fsp3) is 0.300. The summed E-state index contributed by atoms with van der Waals surface area (Å²) in [7, 11) is 1.54. The van der Waals surface area contributed by atoms with Crippen LogP contribution in [0.4, 0.5) is 0 Å². The van der Waals surface area contributed by atoms with Crippen LogP contribution in [-0.4, -0.2) is 23.3 Å². The number of hydrogen-bond acceptors (Lipinski definition) is 3. The number of carboxylic acids is 1. The minimum absolute atomic E-state index is 0.227. The van der Waals surface area contributed by atoms with Crippen LogP contribution >= 0.6 is 0 Å². The van der Waals surface area contributed by atoms with Crippen LogP contribution in [0.25, 0.3) is 0 Å². The molecule has 0 saturated carbocycles. The summed E-state index contributed by atoms with van der Waals surface area (Å²) in [5, 5.41) is 16.7. The van der Waals surface area contributed by atoms with Crippen LogP contribution in [-0.2, 0) is 4.79 Å². The number of aliphatic carboxylic acids is 1. The minimum atomic E-state index is -0.833. The van der Waals surface area contributed by atoms with Crippen molar-refractivity contribution in [3.05, 3.63) is 23.8 Å². The van der Waals surface area contributed by atoms with E-state index in [9.17, 15) is 5.11 Å². The SMILES string of the molecule is CC(=O)O.COc1cccc(C)c1O. The first-order valence-electron chi connectivity index (χ1n) is 4.01. The van der Waals surface area contributed by atoms with Crippen LogP contribution in [0.3, 0.4) is 0 Å². The molecule has 4 nitrogen and oxygen atoms in total. The monoisotopic (exact) mass is 198 g/mol. The van der Waals surface area contributed by atoms with Crippen LogP contribution < -0.4 is 4.74 Å². The molecule has 0 radical (unpaired) electrons. The molecular weight excluding hydrogens is 184 g/mol. The molecule has 0 aliphatic rings. The Kier molecular flexibility index (Phi) is 5.14. The predicted molar refractivity (Wildman–Crippen MR) is 52.7 cm³/mol. The van der Waals surface area contributed by atoms with Gasteiger partial charge in [-0.2, -0.15) is 0 Å². The summed E-state index contributed by atoms with van der Waals surface area (Å²) in [5.74, 6) is -0.0787. The first-order chi connectivity index (χ1) is 6.49. The van der Waals surface area contributed by atoms with Crippen molar-refractivity contribution >= 4 is 5.97 Å². The molecule has 0 aromatic heterocycles. The normalized spacial score (nSPS) is 8.50. The number of phenols is 1. The van der Waals surface area contributed by atoms with Gasteiger partial charge in [-0.25, -0.2) is 0 Å². The number of benzene rings is 1. The Bertz CT molecular complexity index is 303. The van der Waals surface area contributed by atoms with E-state index in [0.29, 0.717) is 5.75 Å². The number of carbonyl (C=O) groups is 1. The molecule has 0 bridgehead atoms. The number of rotatable bonds is 1. The van der Waals surface area contributed by atoms with Crippen molar-refractivity contribution in [2.24, 2.45) is 0 Å². The van der Waals surface area contributed by atoms with Gasteiger partial charge < -0.3 is 14.9 Å². The van der Waals surface area contributed by atoms with Crippen molar-refractivity contribution in [1.82, 2.24) is 0 Å². The number of methoxy groups -OCH3 is 1. The van der Waals surface area contributed by atoms with Crippen LogP contribution in [0.2, 0.25) is 0 Å². The van der Waals surface area contributed by atoms with Gasteiger partial charge in [-0.05, 0) is 18.6 Å². The standard InChI is InChI=1S/C8H10O2.C2H4O2/c1-6-4-3-5-7(10-2)8(6)9;1-2(3)4/h3-5,9H,1-2H3;1H3,(H,3,4). The van der Waals surface area contributed by atoms with E-state index in [4.69, 9.17) is 14.6 Å². The molecule has 78 valence electrons. The highest BCUT2D eigenvalue weighted by Crippen LogP contribution is 2.27. The van der Waals surface area contributed by atoms with Gasteiger partial charge in [0, 0.05) is 6.92 Å². The molecule has 1 rings (SSSR count). The summed E-state index contributed by atoms with van der Waals surface area (Å²) < 4.78 is 4.88. The van der Waals surface area contributed by atoms with E-state index in [1.54, 1.807) is 6.07 Å². The molecule has 14 heavy (non-hydrogen) atoms. The van der Waals surface area contributed by atoms with Crippen molar-refractivity contribution in [1.29, 1.82) is 0 Å². The minimum Gasteiger partial charge on any atom is -0.504 e. The maximum atomic E-state index is 9.27. The Balaban J connectivity index is 0.000000364. The Hall–Kier alpha value is -1.71. The second-order valence-electron chi connectivity index (χ2n) is 2.64. The van der Waals surface area contributed by atoms with Crippen LogP contribution in [0.15, 0.2) is 18.2 Å². The first-order valence-corrected chi connectivity index (χ1v) is 4.01. The lowest BCUT2D eigenvalue weighted by atomic mass is 10.2. The maximum Gasteiger partial charge on any atom is 0.300 e. The molecule has 0 unspecified atom stereocenters. The molecule has 0 heterocycles. The molecule has 0 fully saturated rings. The smallest absolute Gasteiger partial charge is 0.300 e. The average molecular weight is 198 g/mol. The average Bonchev–Trinajstić information content (AvgIpc) is 2.09. The summed E-state index contributed by atoms with van der Waals surface area (Å²) in [6.07, 6.45) is 0. The van der Waals surface area contributed by atoms with Gasteiger partial charge in [0.2, 0.25) is 0 Å². The van der Waals surface area contributed by atoms with Gasteiger partial charge in [-0.15, -0.1) is 0 Å². The second-order valence-corrected chi connectivity index (χ2v) is 2.64. The summed E-state index contributed by atoms with van der Waals surface area (Å²) in [6, 6.07) is 5.40. The first kappa shape index (κ1) is 12.3. The summed E-state index contributed by atoms with van der Waals surface area (Å²) in [5.41, 5.74) is 0.833. The molecule has 0 spiro atoms. The molecule has 0 saturated heterocycles. The molecule has 0 atom stereocenters. The van der Waals surface area contributed by atoms with Crippen molar-refractivity contribution in [2.75, 3.05) is 7.11 Å². The molecule has 0 amide bonds. The van der Waals surface area contributed by atoms with Crippen molar-refractivity contribution in [2.45, 2.75) is 13.8 Å². The highest BCUT2D eigenvalue weighted by atomic mass is 16.5. The van der Waals surface area contributed by atoms with Gasteiger partial charge in [-0.3, -0.25) is 4.79 Å². The lowest BCUT2D eigenvalue weighted by Crippen LogP contribution is -1.84. The Labute approximate surface area is 82.8 Å². The quantitative estimate of drug-likeness (QED) is 0.722. The van der Waals surface area contributed by atoms with Crippen LogP contribution in [0.1, 0.15) is 12.5 Å². The Morgan fingerprint density at radius 1 is 1.43 bits per heavy atom. The van der Waals surface area contributed by atoms with Crippen LogP contribution in [0.5, 0.6) is 11.5 Å². The molecular formula is C10H14O4. The number of para-hydroxylation sites is 1. The number of aromatic hydroxyl groups is 1. The van der Waals surface area contributed by atoms with E-state index in [1.807, 2.05) is 19.1 Å². The predicted octanol–water partition coefficient (Wildman–Crippen LogP) is 1.80.